The predicted molar refractivity (Wildman–Crippen MR) is 102 cm³/mol. The summed E-state index contributed by atoms with van der Waals surface area (Å²) in [4.78, 5) is 38.8. The number of carbonyl (C=O) groups is 3. The third-order valence-corrected chi connectivity index (χ3v) is 5.04. The third-order valence-electron chi connectivity index (χ3n) is 4.29. The van der Waals surface area contributed by atoms with Gasteiger partial charge < -0.3 is 16.0 Å². The molecule has 1 heterocycles. The van der Waals surface area contributed by atoms with Crippen molar-refractivity contribution in [2.24, 2.45) is 11.7 Å². The lowest BCUT2D eigenvalue weighted by Crippen LogP contribution is -2.28. The van der Waals surface area contributed by atoms with Gasteiger partial charge in [-0.3, -0.25) is 14.4 Å². The minimum Gasteiger partial charge on any atom is -0.366 e. The Morgan fingerprint density at radius 2 is 1.92 bits per heavy atom. The van der Waals surface area contributed by atoms with Crippen LogP contribution in [-0.2, 0) is 9.59 Å². The van der Waals surface area contributed by atoms with E-state index in [9.17, 15) is 14.4 Å². The predicted octanol–water partition coefficient (Wildman–Crippen LogP) is 2.50. The number of carbonyl (C=O) groups excluding carboxylic acids is 3. The SMILES string of the molecule is CSc1ccc(N2CC(C(=O)Nc3cccc(C(N)=O)c3)CC2=O)cc1. The maximum atomic E-state index is 12.5. The van der Waals surface area contributed by atoms with E-state index in [-0.39, 0.29) is 18.2 Å². The van der Waals surface area contributed by atoms with Gasteiger partial charge >= 0.3 is 0 Å². The zero-order valence-electron chi connectivity index (χ0n) is 14.3. The molecule has 2 aromatic carbocycles. The van der Waals surface area contributed by atoms with Gasteiger partial charge in [0, 0.05) is 34.8 Å². The van der Waals surface area contributed by atoms with E-state index in [4.69, 9.17) is 5.73 Å². The first-order valence-electron chi connectivity index (χ1n) is 8.13. The zero-order valence-corrected chi connectivity index (χ0v) is 15.1. The summed E-state index contributed by atoms with van der Waals surface area (Å²) >= 11 is 1.63. The van der Waals surface area contributed by atoms with Gasteiger partial charge in [-0.05, 0) is 48.7 Å². The number of thioether (sulfide) groups is 1. The van der Waals surface area contributed by atoms with Gasteiger partial charge in [0.25, 0.3) is 0 Å². The van der Waals surface area contributed by atoms with Crippen LogP contribution < -0.4 is 16.0 Å². The molecule has 1 aliphatic heterocycles. The maximum Gasteiger partial charge on any atom is 0.248 e. The molecule has 0 saturated carbocycles. The molecule has 134 valence electrons. The molecular weight excluding hydrogens is 350 g/mol. The number of amides is 3. The summed E-state index contributed by atoms with van der Waals surface area (Å²) < 4.78 is 0. The first-order valence-corrected chi connectivity index (χ1v) is 9.35. The first kappa shape index (κ1) is 18.0. The van der Waals surface area contributed by atoms with Gasteiger partial charge in [-0.2, -0.15) is 0 Å². The van der Waals surface area contributed by atoms with E-state index in [1.165, 1.54) is 6.07 Å². The molecule has 2 aromatic rings. The Hall–Kier alpha value is -2.80. The third kappa shape index (κ3) is 3.88. The highest BCUT2D eigenvalue weighted by atomic mass is 32.2. The van der Waals surface area contributed by atoms with Gasteiger partial charge in [-0.25, -0.2) is 0 Å². The summed E-state index contributed by atoms with van der Waals surface area (Å²) in [5.74, 6) is -1.33. The van der Waals surface area contributed by atoms with Gasteiger partial charge in [0.1, 0.15) is 0 Å². The van der Waals surface area contributed by atoms with E-state index in [0.29, 0.717) is 17.8 Å². The number of nitrogens with one attached hydrogen (secondary N) is 1. The van der Waals surface area contributed by atoms with E-state index < -0.39 is 11.8 Å². The van der Waals surface area contributed by atoms with Crippen LogP contribution in [-0.4, -0.2) is 30.5 Å². The summed E-state index contributed by atoms with van der Waals surface area (Å²) in [7, 11) is 0. The van der Waals surface area contributed by atoms with Gasteiger partial charge in [-0.15, -0.1) is 11.8 Å². The van der Waals surface area contributed by atoms with E-state index in [0.717, 1.165) is 10.6 Å². The number of nitrogens with two attached hydrogens (primary N) is 1. The minimum atomic E-state index is -0.558. The Kier molecular flexibility index (Phi) is 5.27. The van der Waals surface area contributed by atoms with Crippen LogP contribution in [0.5, 0.6) is 0 Å². The van der Waals surface area contributed by atoms with Crippen molar-refractivity contribution in [3.8, 4) is 0 Å². The highest BCUT2D eigenvalue weighted by Gasteiger charge is 2.35. The number of anilines is 2. The molecule has 0 radical (unpaired) electrons. The lowest BCUT2D eigenvalue weighted by Gasteiger charge is -2.17. The van der Waals surface area contributed by atoms with Crippen LogP contribution >= 0.6 is 11.8 Å². The molecule has 3 N–H and O–H groups in total. The second kappa shape index (κ2) is 7.61. The maximum absolute atomic E-state index is 12.5. The number of hydrogen-bond donors (Lipinski definition) is 2. The smallest absolute Gasteiger partial charge is 0.248 e. The van der Waals surface area contributed by atoms with Crippen molar-refractivity contribution < 1.29 is 14.4 Å². The zero-order chi connectivity index (χ0) is 18.7. The van der Waals surface area contributed by atoms with Crippen LogP contribution in [0.25, 0.3) is 0 Å². The molecule has 26 heavy (non-hydrogen) atoms. The minimum absolute atomic E-state index is 0.0760. The van der Waals surface area contributed by atoms with Crippen LogP contribution in [0.3, 0.4) is 0 Å². The second-order valence-electron chi connectivity index (χ2n) is 6.04. The van der Waals surface area contributed by atoms with Crippen molar-refractivity contribution >= 4 is 40.9 Å². The standard InChI is InChI=1S/C19H19N3O3S/c1-26-16-7-5-15(6-8-16)22-11-13(10-17(22)23)19(25)21-14-4-2-3-12(9-14)18(20)24/h2-9,13H,10-11H2,1H3,(H2,20,24)(H,21,25). The van der Waals surface area contributed by atoms with Gasteiger partial charge in [0.05, 0.1) is 5.92 Å². The average molecular weight is 369 g/mol. The van der Waals surface area contributed by atoms with Gasteiger partial charge in [-0.1, -0.05) is 6.07 Å². The van der Waals surface area contributed by atoms with Crippen LogP contribution in [0, 0.1) is 5.92 Å². The molecule has 1 atom stereocenters. The lowest BCUT2D eigenvalue weighted by atomic mass is 10.1. The van der Waals surface area contributed by atoms with Crippen LogP contribution in [0.4, 0.5) is 11.4 Å². The summed E-state index contributed by atoms with van der Waals surface area (Å²) in [6, 6.07) is 14.1. The molecule has 1 aliphatic rings. The quantitative estimate of drug-likeness (QED) is 0.792. The van der Waals surface area contributed by atoms with Crippen LogP contribution in [0.2, 0.25) is 0 Å². The van der Waals surface area contributed by atoms with Crippen molar-refractivity contribution in [3.63, 3.8) is 0 Å². The Morgan fingerprint density at radius 1 is 1.19 bits per heavy atom. The van der Waals surface area contributed by atoms with Crippen molar-refractivity contribution in [1.29, 1.82) is 0 Å². The highest BCUT2D eigenvalue weighted by molar-refractivity contribution is 7.98. The topological polar surface area (TPSA) is 92.5 Å². The lowest BCUT2D eigenvalue weighted by molar-refractivity contribution is -0.122. The molecule has 3 rings (SSSR count). The second-order valence-corrected chi connectivity index (χ2v) is 6.92. The Balaban J connectivity index is 1.68. The normalized spacial score (nSPS) is 16.6. The molecule has 1 fully saturated rings. The number of nitrogens with zero attached hydrogens (tertiary/aromatic N) is 1. The van der Waals surface area contributed by atoms with Crippen molar-refractivity contribution in [2.75, 3.05) is 23.0 Å². The molecule has 0 aromatic heterocycles. The molecule has 0 spiro atoms. The Morgan fingerprint density at radius 3 is 2.58 bits per heavy atom. The fourth-order valence-corrected chi connectivity index (χ4v) is 3.30. The highest BCUT2D eigenvalue weighted by Crippen LogP contribution is 2.27. The molecule has 3 amide bonds. The van der Waals surface area contributed by atoms with Crippen molar-refractivity contribution in [1.82, 2.24) is 0 Å². The molecule has 1 unspecified atom stereocenters. The molecule has 6 nitrogen and oxygen atoms in total. The molecule has 0 bridgehead atoms. The molecular formula is C19H19N3O3S. The van der Waals surface area contributed by atoms with E-state index in [2.05, 4.69) is 5.32 Å². The summed E-state index contributed by atoms with van der Waals surface area (Å²) in [6.07, 6.45) is 2.15. The number of benzene rings is 2. The summed E-state index contributed by atoms with van der Waals surface area (Å²) in [5.41, 5.74) is 6.85. The fourth-order valence-electron chi connectivity index (χ4n) is 2.89. The van der Waals surface area contributed by atoms with Crippen molar-refractivity contribution in [3.05, 3.63) is 54.1 Å². The van der Waals surface area contributed by atoms with Crippen LogP contribution in [0.1, 0.15) is 16.8 Å². The van der Waals surface area contributed by atoms with Gasteiger partial charge in [0.2, 0.25) is 17.7 Å². The largest absolute Gasteiger partial charge is 0.366 e. The number of primary amides is 1. The van der Waals surface area contributed by atoms with E-state index in [1.807, 2.05) is 30.5 Å². The van der Waals surface area contributed by atoms with Crippen molar-refractivity contribution in [2.45, 2.75) is 11.3 Å². The fraction of sp³-hybridized carbons (Fsp3) is 0.211. The van der Waals surface area contributed by atoms with E-state index >= 15 is 0 Å². The summed E-state index contributed by atoms with van der Waals surface area (Å²) in [5, 5.41) is 2.76. The Labute approximate surface area is 155 Å². The average Bonchev–Trinajstić information content (AvgIpc) is 3.04. The molecule has 7 heteroatoms. The molecule has 0 aliphatic carbocycles. The molecule has 1 saturated heterocycles. The number of rotatable bonds is 5. The monoisotopic (exact) mass is 369 g/mol. The number of hydrogen-bond acceptors (Lipinski definition) is 4. The summed E-state index contributed by atoms with van der Waals surface area (Å²) in [6.45, 7) is 0.332. The first-order chi connectivity index (χ1) is 12.5. The Bertz CT molecular complexity index is 851. The van der Waals surface area contributed by atoms with Gasteiger partial charge in [0.15, 0.2) is 0 Å². The van der Waals surface area contributed by atoms with E-state index in [1.54, 1.807) is 34.9 Å². The van der Waals surface area contributed by atoms with Crippen LogP contribution in [0.15, 0.2) is 53.4 Å².